The molecule has 1 aliphatic heterocycles. The Balaban J connectivity index is 1.58. The lowest BCUT2D eigenvalue weighted by molar-refractivity contribution is -0.130. The number of hydrogen-bond donors (Lipinski definition) is 1. The Kier molecular flexibility index (Phi) is 4.37. The summed E-state index contributed by atoms with van der Waals surface area (Å²) in [4.78, 5) is 26.1. The van der Waals surface area contributed by atoms with E-state index in [0.29, 0.717) is 5.69 Å². The fraction of sp³-hybridized carbons (Fsp3) is 0.438. The van der Waals surface area contributed by atoms with Crippen LogP contribution in [0.2, 0.25) is 0 Å². The van der Waals surface area contributed by atoms with Gasteiger partial charge in [-0.1, -0.05) is 18.9 Å². The van der Waals surface area contributed by atoms with Gasteiger partial charge >= 0.3 is 0 Å². The van der Waals surface area contributed by atoms with Crippen molar-refractivity contribution < 1.29 is 9.59 Å². The molecule has 0 bridgehead atoms. The highest BCUT2D eigenvalue weighted by Gasteiger charge is 2.17. The van der Waals surface area contributed by atoms with Gasteiger partial charge in [-0.15, -0.1) is 0 Å². The van der Waals surface area contributed by atoms with Crippen molar-refractivity contribution in [2.45, 2.75) is 25.7 Å². The van der Waals surface area contributed by atoms with Gasteiger partial charge in [-0.2, -0.15) is 5.10 Å². The van der Waals surface area contributed by atoms with Gasteiger partial charge in [-0.25, -0.2) is 4.52 Å². The summed E-state index contributed by atoms with van der Waals surface area (Å²) in [5.41, 5.74) is 1.18. The second kappa shape index (κ2) is 6.60. The molecule has 2 amide bonds. The molecule has 2 aromatic rings. The highest BCUT2D eigenvalue weighted by atomic mass is 16.2. The highest BCUT2D eigenvalue weighted by molar-refractivity contribution is 5.95. The number of hydrogen-bond acceptors (Lipinski definition) is 3. The lowest BCUT2D eigenvalue weighted by Crippen LogP contribution is -2.40. The van der Waals surface area contributed by atoms with E-state index in [1.807, 2.05) is 23.1 Å². The molecule has 0 saturated carbocycles. The third-order valence-electron chi connectivity index (χ3n) is 3.96. The van der Waals surface area contributed by atoms with E-state index in [1.54, 1.807) is 16.8 Å². The summed E-state index contributed by atoms with van der Waals surface area (Å²) in [5, 5.41) is 6.87. The van der Waals surface area contributed by atoms with Gasteiger partial charge < -0.3 is 10.2 Å². The maximum absolute atomic E-state index is 12.1. The van der Waals surface area contributed by atoms with Crippen LogP contribution < -0.4 is 5.32 Å². The predicted octanol–water partition coefficient (Wildman–Crippen LogP) is 1.47. The van der Waals surface area contributed by atoms with Crippen LogP contribution in [0.5, 0.6) is 0 Å². The second-order valence-corrected chi connectivity index (χ2v) is 5.58. The number of aromatic nitrogens is 2. The molecule has 0 radical (unpaired) electrons. The average Bonchev–Trinajstić information content (AvgIpc) is 2.78. The molecule has 1 fully saturated rings. The van der Waals surface area contributed by atoms with Crippen LogP contribution in [0.3, 0.4) is 0 Å². The number of amides is 2. The first-order valence-corrected chi connectivity index (χ1v) is 7.74. The van der Waals surface area contributed by atoms with Gasteiger partial charge in [0.1, 0.15) is 0 Å². The van der Waals surface area contributed by atoms with E-state index in [-0.39, 0.29) is 18.4 Å². The van der Waals surface area contributed by atoms with Gasteiger partial charge in [0, 0.05) is 19.3 Å². The number of pyridine rings is 1. The van der Waals surface area contributed by atoms with Gasteiger partial charge in [0.05, 0.1) is 12.1 Å². The molecule has 0 spiro atoms. The minimum Gasteiger partial charge on any atom is -0.342 e. The molecular weight excluding hydrogens is 280 g/mol. The van der Waals surface area contributed by atoms with Gasteiger partial charge in [-0.05, 0) is 31.0 Å². The van der Waals surface area contributed by atoms with Crippen LogP contribution in [-0.4, -0.2) is 46.0 Å². The normalized spacial score (nSPS) is 15.5. The summed E-state index contributed by atoms with van der Waals surface area (Å²) in [6.07, 6.45) is 6.24. The fourth-order valence-electron chi connectivity index (χ4n) is 2.73. The quantitative estimate of drug-likeness (QED) is 0.933. The Bertz CT molecular complexity index is 639. The largest absolute Gasteiger partial charge is 0.342 e. The first-order chi connectivity index (χ1) is 10.7. The molecule has 0 aliphatic carbocycles. The molecule has 6 nitrogen and oxygen atoms in total. The average molecular weight is 300 g/mol. The number of nitrogens with one attached hydrogen (secondary N) is 1. The maximum Gasteiger partial charge on any atom is 0.272 e. The molecule has 22 heavy (non-hydrogen) atoms. The predicted molar refractivity (Wildman–Crippen MR) is 82.6 cm³/mol. The molecule has 116 valence electrons. The summed E-state index contributed by atoms with van der Waals surface area (Å²) in [5.74, 6) is -0.328. The van der Waals surface area contributed by atoms with Gasteiger partial charge in [-0.3, -0.25) is 9.59 Å². The van der Waals surface area contributed by atoms with Crippen LogP contribution in [0.25, 0.3) is 5.52 Å². The van der Waals surface area contributed by atoms with Crippen molar-refractivity contribution in [2.24, 2.45) is 0 Å². The van der Waals surface area contributed by atoms with Crippen LogP contribution in [0.15, 0.2) is 30.5 Å². The number of carbonyl (C=O) groups is 2. The van der Waals surface area contributed by atoms with Crippen molar-refractivity contribution in [3.63, 3.8) is 0 Å². The van der Waals surface area contributed by atoms with E-state index in [4.69, 9.17) is 0 Å². The van der Waals surface area contributed by atoms with Crippen molar-refractivity contribution in [1.82, 2.24) is 19.8 Å². The lowest BCUT2D eigenvalue weighted by Gasteiger charge is -2.20. The Hall–Kier alpha value is -2.37. The zero-order valence-electron chi connectivity index (χ0n) is 12.5. The maximum atomic E-state index is 12.1. The summed E-state index contributed by atoms with van der Waals surface area (Å²) < 4.78 is 1.64. The Morgan fingerprint density at radius 2 is 1.91 bits per heavy atom. The molecule has 1 saturated heterocycles. The Morgan fingerprint density at radius 3 is 2.64 bits per heavy atom. The number of likely N-dealkylation sites (tertiary alicyclic amines) is 1. The minimum absolute atomic E-state index is 0.0148. The molecular formula is C16H20N4O2. The molecule has 3 heterocycles. The van der Waals surface area contributed by atoms with Gasteiger partial charge in [0.15, 0.2) is 5.69 Å². The fourth-order valence-corrected chi connectivity index (χ4v) is 2.73. The van der Waals surface area contributed by atoms with E-state index in [9.17, 15) is 9.59 Å². The van der Waals surface area contributed by atoms with E-state index >= 15 is 0 Å². The monoisotopic (exact) mass is 300 g/mol. The smallest absolute Gasteiger partial charge is 0.272 e. The highest BCUT2D eigenvalue weighted by Crippen LogP contribution is 2.09. The van der Waals surface area contributed by atoms with Crippen molar-refractivity contribution in [3.05, 3.63) is 36.2 Å². The molecule has 2 aromatic heterocycles. The van der Waals surface area contributed by atoms with Crippen LogP contribution in [0.1, 0.15) is 36.2 Å². The molecule has 3 rings (SSSR count). The summed E-state index contributed by atoms with van der Waals surface area (Å²) in [6, 6.07) is 7.34. The summed E-state index contributed by atoms with van der Waals surface area (Å²) in [7, 11) is 0. The standard InChI is InChI=1S/C16H20N4O2/c21-15(19-8-4-1-2-5-9-19)12-17-16(22)14-11-13-7-3-6-10-20(13)18-14/h3,6-7,10-11H,1-2,4-5,8-9,12H2,(H,17,22). The van der Waals surface area contributed by atoms with Crippen LogP contribution in [-0.2, 0) is 4.79 Å². The number of carbonyl (C=O) groups excluding carboxylic acids is 2. The Morgan fingerprint density at radius 1 is 1.14 bits per heavy atom. The van der Waals surface area contributed by atoms with Crippen molar-refractivity contribution in [2.75, 3.05) is 19.6 Å². The van der Waals surface area contributed by atoms with Crippen molar-refractivity contribution >= 4 is 17.3 Å². The molecule has 0 unspecified atom stereocenters. The van der Waals surface area contributed by atoms with Gasteiger partial charge in [0.2, 0.25) is 5.91 Å². The zero-order chi connectivity index (χ0) is 15.4. The molecule has 6 heteroatoms. The van der Waals surface area contributed by atoms with Crippen LogP contribution in [0.4, 0.5) is 0 Å². The number of fused-ring (bicyclic) bond motifs is 1. The third kappa shape index (κ3) is 3.27. The molecule has 1 N–H and O–H groups in total. The molecule has 0 atom stereocenters. The summed E-state index contributed by atoms with van der Waals surface area (Å²) >= 11 is 0. The first kappa shape index (κ1) is 14.6. The van der Waals surface area contributed by atoms with E-state index < -0.39 is 0 Å². The SMILES string of the molecule is O=C(NCC(=O)N1CCCCCC1)c1cc2ccccn2n1. The summed E-state index contributed by atoms with van der Waals surface area (Å²) in [6.45, 7) is 1.62. The molecule has 1 aliphatic rings. The number of nitrogens with zero attached hydrogens (tertiary/aromatic N) is 3. The van der Waals surface area contributed by atoms with Crippen LogP contribution in [0, 0.1) is 0 Å². The van der Waals surface area contributed by atoms with Crippen molar-refractivity contribution in [1.29, 1.82) is 0 Å². The second-order valence-electron chi connectivity index (χ2n) is 5.58. The first-order valence-electron chi connectivity index (χ1n) is 7.74. The minimum atomic E-state index is -0.313. The zero-order valence-corrected chi connectivity index (χ0v) is 12.5. The Labute approximate surface area is 129 Å². The van der Waals surface area contributed by atoms with E-state index in [0.717, 1.165) is 31.4 Å². The van der Waals surface area contributed by atoms with E-state index in [1.165, 1.54) is 12.8 Å². The third-order valence-corrected chi connectivity index (χ3v) is 3.96. The lowest BCUT2D eigenvalue weighted by atomic mass is 10.2. The van der Waals surface area contributed by atoms with Gasteiger partial charge in [0.25, 0.3) is 5.91 Å². The number of rotatable bonds is 3. The molecule has 0 aromatic carbocycles. The van der Waals surface area contributed by atoms with Crippen LogP contribution >= 0.6 is 0 Å². The van der Waals surface area contributed by atoms with Crippen molar-refractivity contribution in [3.8, 4) is 0 Å². The van der Waals surface area contributed by atoms with E-state index in [2.05, 4.69) is 10.4 Å². The topological polar surface area (TPSA) is 66.7 Å².